The number of hydrogen-bond donors (Lipinski definition) is 2. The van der Waals surface area contributed by atoms with Crippen molar-refractivity contribution in [2.45, 2.75) is 12.5 Å². The number of amides is 1. The summed E-state index contributed by atoms with van der Waals surface area (Å²) >= 11 is 4.83. The second-order valence-electron chi connectivity index (χ2n) is 6.04. The number of rotatable bonds is 2. The van der Waals surface area contributed by atoms with Gasteiger partial charge in [0, 0.05) is 34.7 Å². The zero-order valence-corrected chi connectivity index (χ0v) is 15.8. The minimum atomic E-state index is -0.368. The Labute approximate surface area is 160 Å². The van der Waals surface area contributed by atoms with Crippen LogP contribution in [0, 0.1) is 0 Å². The first-order valence-electron chi connectivity index (χ1n) is 8.08. The molecule has 0 saturated carbocycles. The van der Waals surface area contributed by atoms with Crippen LogP contribution in [0.25, 0.3) is 11.0 Å². The zero-order valence-electron chi connectivity index (χ0n) is 13.4. The molecule has 0 unspecified atom stereocenters. The van der Waals surface area contributed by atoms with Crippen LogP contribution in [0.1, 0.15) is 33.1 Å². The summed E-state index contributed by atoms with van der Waals surface area (Å²) in [5.41, 5.74) is 3.64. The Morgan fingerprint density at radius 3 is 3.12 bits per heavy atom. The van der Waals surface area contributed by atoms with Crippen molar-refractivity contribution in [3.63, 3.8) is 0 Å². The van der Waals surface area contributed by atoms with Gasteiger partial charge in [0.2, 0.25) is 0 Å². The topological polar surface area (TPSA) is 90.6 Å². The van der Waals surface area contributed by atoms with Gasteiger partial charge in [0.05, 0.1) is 23.1 Å². The summed E-state index contributed by atoms with van der Waals surface area (Å²) in [5.74, 6) is 0.608. The third kappa shape index (κ3) is 2.46. The van der Waals surface area contributed by atoms with E-state index in [1.807, 2.05) is 23.6 Å². The monoisotopic (exact) mass is 428 g/mol. The van der Waals surface area contributed by atoms with E-state index in [1.165, 1.54) is 11.3 Å². The summed E-state index contributed by atoms with van der Waals surface area (Å²) in [6, 6.07) is 5.51. The molecule has 1 atom stereocenters. The molecule has 1 aliphatic heterocycles. The lowest BCUT2D eigenvalue weighted by Gasteiger charge is -2.33. The van der Waals surface area contributed by atoms with Crippen molar-refractivity contribution in [2.75, 3.05) is 6.54 Å². The highest BCUT2D eigenvalue weighted by molar-refractivity contribution is 9.10. The molecule has 5 rings (SSSR count). The molecule has 4 aromatic rings. The van der Waals surface area contributed by atoms with Gasteiger partial charge in [-0.2, -0.15) is 0 Å². The van der Waals surface area contributed by atoms with Crippen LogP contribution in [0.15, 0.2) is 40.6 Å². The van der Waals surface area contributed by atoms with Gasteiger partial charge in [0.15, 0.2) is 5.01 Å². The van der Waals surface area contributed by atoms with E-state index in [1.54, 1.807) is 17.4 Å². The maximum Gasteiger partial charge on any atom is 0.283 e. The molecule has 0 aliphatic carbocycles. The highest BCUT2D eigenvalue weighted by Gasteiger charge is 2.37. The van der Waals surface area contributed by atoms with Gasteiger partial charge in [0.25, 0.3) is 5.91 Å². The van der Waals surface area contributed by atoms with Crippen molar-refractivity contribution in [1.29, 1.82) is 0 Å². The molecule has 0 radical (unpaired) electrons. The van der Waals surface area contributed by atoms with Crippen molar-refractivity contribution >= 4 is 44.2 Å². The van der Waals surface area contributed by atoms with Crippen LogP contribution in [0.4, 0.5) is 0 Å². The highest BCUT2D eigenvalue weighted by atomic mass is 79.9. The molecule has 1 amide bonds. The van der Waals surface area contributed by atoms with Gasteiger partial charge in [-0.3, -0.25) is 4.79 Å². The number of imidazole rings is 2. The molecule has 0 saturated heterocycles. The number of fused-ring (bicyclic) bond motifs is 2. The highest BCUT2D eigenvalue weighted by Crippen LogP contribution is 2.34. The molecule has 9 heteroatoms. The summed E-state index contributed by atoms with van der Waals surface area (Å²) in [6.45, 7) is 0.582. The fourth-order valence-corrected chi connectivity index (χ4v) is 4.31. The van der Waals surface area contributed by atoms with Gasteiger partial charge in [-0.1, -0.05) is 15.9 Å². The number of H-pyrrole nitrogens is 2. The van der Waals surface area contributed by atoms with Gasteiger partial charge in [-0.15, -0.1) is 11.3 Å². The van der Waals surface area contributed by atoms with Crippen molar-refractivity contribution in [3.05, 3.63) is 62.8 Å². The third-order valence-corrected chi connectivity index (χ3v) is 5.78. The van der Waals surface area contributed by atoms with Crippen LogP contribution < -0.4 is 0 Å². The Kier molecular flexibility index (Phi) is 3.64. The SMILES string of the molecule is O=C(c1nccs1)N1CCc2[nH]cnc2[C@H]1c1nc2ccc(Br)cc2[nH]1. The molecule has 130 valence electrons. The Bertz CT molecular complexity index is 1100. The molecular weight excluding hydrogens is 416 g/mol. The summed E-state index contributed by atoms with van der Waals surface area (Å²) < 4.78 is 0.972. The largest absolute Gasteiger partial charge is 0.348 e. The molecule has 0 bridgehead atoms. The molecule has 2 N–H and O–H groups in total. The van der Waals surface area contributed by atoms with E-state index in [0.717, 1.165) is 33.3 Å². The second kappa shape index (κ2) is 6.03. The van der Waals surface area contributed by atoms with Gasteiger partial charge in [-0.25, -0.2) is 15.0 Å². The van der Waals surface area contributed by atoms with E-state index >= 15 is 0 Å². The average Bonchev–Trinajstić information content (AvgIpc) is 3.38. The Balaban J connectivity index is 1.64. The molecule has 0 fully saturated rings. The quantitative estimate of drug-likeness (QED) is 0.512. The Morgan fingerprint density at radius 2 is 2.27 bits per heavy atom. The van der Waals surface area contributed by atoms with E-state index in [4.69, 9.17) is 4.98 Å². The number of hydrogen-bond acceptors (Lipinski definition) is 5. The lowest BCUT2D eigenvalue weighted by Crippen LogP contribution is -2.41. The number of nitrogens with one attached hydrogen (secondary N) is 2. The number of nitrogens with zero attached hydrogens (tertiary/aromatic N) is 4. The van der Waals surface area contributed by atoms with Crippen LogP contribution in [-0.2, 0) is 6.42 Å². The van der Waals surface area contributed by atoms with Gasteiger partial charge < -0.3 is 14.9 Å². The molecule has 1 aliphatic rings. The van der Waals surface area contributed by atoms with Crippen LogP contribution in [0.3, 0.4) is 0 Å². The average molecular weight is 429 g/mol. The fourth-order valence-electron chi connectivity index (χ4n) is 3.36. The molecule has 7 nitrogen and oxygen atoms in total. The number of carbonyl (C=O) groups is 1. The fraction of sp³-hybridized carbons (Fsp3) is 0.176. The van der Waals surface area contributed by atoms with Crippen molar-refractivity contribution in [1.82, 2.24) is 29.8 Å². The molecular formula is C17H13BrN6OS. The van der Waals surface area contributed by atoms with E-state index in [9.17, 15) is 4.79 Å². The van der Waals surface area contributed by atoms with E-state index < -0.39 is 0 Å². The number of carbonyl (C=O) groups excluding carboxylic acids is 1. The number of aromatic amines is 2. The van der Waals surface area contributed by atoms with Crippen molar-refractivity contribution in [3.8, 4) is 0 Å². The standard InChI is InChI=1S/C17H13BrN6OS/c18-9-1-2-10-12(7-9)23-15(22-10)14-13-11(20-8-21-13)3-5-24(14)17(25)16-19-4-6-26-16/h1-2,4,6-8,14H,3,5H2,(H,20,21)(H,22,23)/t14-/m0/s1. The van der Waals surface area contributed by atoms with E-state index in [2.05, 4.69) is 35.9 Å². The number of benzene rings is 1. The van der Waals surface area contributed by atoms with Crippen molar-refractivity contribution < 1.29 is 4.79 Å². The van der Waals surface area contributed by atoms with Crippen molar-refractivity contribution in [2.24, 2.45) is 0 Å². The lowest BCUT2D eigenvalue weighted by atomic mass is 10.0. The molecule has 4 heterocycles. The third-order valence-electron chi connectivity index (χ3n) is 4.52. The molecule has 3 aromatic heterocycles. The van der Waals surface area contributed by atoms with Gasteiger partial charge >= 0.3 is 0 Å². The molecule has 1 aromatic carbocycles. The zero-order chi connectivity index (χ0) is 17.7. The van der Waals surface area contributed by atoms with E-state index in [0.29, 0.717) is 17.4 Å². The predicted octanol–water partition coefficient (Wildman–Crippen LogP) is 3.29. The van der Waals surface area contributed by atoms with E-state index in [-0.39, 0.29) is 11.9 Å². The summed E-state index contributed by atoms with van der Waals surface area (Å²) in [5, 5.41) is 2.29. The first-order chi connectivity index (χ1) is 12.7. The summed E-state index contributed by atoms with van der Waals surface area (Å²) in [4.78, 5) is 34.8. The minimum Gasteiger partial charge on any atom is -0.348 e. The maximum atomic E-state index is 13.0. The Morgan fingerprint density at radius 1 is 1.35 bits per heavy atom. The molecule has 0 spiro atoms. The first kappa shape index (κ1) is 15.7. The summed E-state index contributed by atoms with van der Waals surface area (Å²) in [6.07, 6.45) is 4.05. The minimum absolute atomic E-state index is 0.0970. The lowest BCUT2D eigenvalue weighted by molar-refractivity contribution is 0.0684. The van der Waals surface area contributed by atoms with Crippen LogP contribution >= 0.6 is 27.3 Å². The number of thiazole rings is 1. The summed E-state index contributed by atoms with van der Waals surface area (Å²) in [7, 11) is 0. The Hall–Kier alpha value is -2.52. The normalized spacial score (nSPS) is 16.8. The predicted molar refractivity (Wildman–Crippen MR) is 101 cm³/mol. The van der Waals surface area contributed by atoms with Crippen LogP contribution in [0.5, 0.6) is 0 Å². The maximum absolute atomic E-state index is 13.0. The molecule has 26 heavy (non-hydrogen) atoms. The second-order valence-corrected chi connectivity index (χ2v) is 7.85. The van der Waals surface area contributed by atoms with Crippen LogP contribution in [-0.4, -0.2) is 42.3 Å². The van der Waals surface area contributed by atoms with Crippen LogP contribution in [0.2, 0.25) is 0 Å². The van der Waals surface area contributed by atoms with Gasteiger partial charge in [0.1, 0.15) is 11.9 Å². The van der Waals surface area contributed by atoms with Gasteiger partial charge in [-0.05, 0) is 18.2 Å². The smallest absolute Gasteiger partial charge is 0.283 e. The first-order valence-corrected chi connectivity index (χ1v) is 9.76. The number of aromatic nitrogens is 5. The number of halogens is 1.